The summed E-state index contributed by atoms with van der Waals surface area (Å²) in [6, 6.07) is 14.8. The molecule has 148 valence electrons. The molecule has 2 amide bonds. The van der Waals surface area contributed by atoms with E-state index < -0.39 is 0 Å². The van der Waals surface area contributed by atoms with Crippen LogP contribution >= 0.6 is 0 Å². The van der Waals surface area contributed by atoms with Crippen molar-refractivity contribution in [2.45, 2.75) is 19.4 Å². The SMILES string of the molecule is COc1cc(CNC(=O)N2CCC(C(=O)c3ccccc3)CC2)cc(OC)c1. The van der Waals surface area contributed by atoms with Crippen molar-refractivity contribution in [3.63, 3.8) is 0 Å². The molecule has 6 heteroatoms. The number of carbonyl (C=O) groups excluding carboxylic acids is 2. The van der Waals surface area contributed by atoms with Gasteiger partial charge in [0.25, 0.3) is 0 Å². The molecule has 6 nitrogen and oxygen atoms in total. The van der Waals surface area contributed by atoms with Crippen LogP contribution in [0.5, 0.6) is 11.5 Å². The summed E-state index contributed by atoms with van der Waals surface area (Å²) in [4.78, 5) is 26.8. The standard InChI is InChI=1S/C22H26N2O4/c1-27-19-12-16(13-20(14-19)28-2)15-23-22(26)24-10-8-18(9-11-24)21(25)17-6-4-3-5-7-17/h3-7,12-14,18H,8-11,15H2,1-2H3,(H,23,26). The molecule has 0 bridgehead atoms. The van der Waals surface area contributed by atoms with Gasteiger partial charge in [-0.15, -0.1) is 0 Å². The van der Waals surface area contributed by atoms with Gasteiger partial charge in [-0.05, 0) is 30.5 Å². The van der Waals surface area contributed by atoms with Crippen LogP contribution < -0.4 is 14.8 Å². The number of rotatable bonds is 6. The van der Waals surface area contributed by atoms with Crippen molar-refractivity contribution in [3.05, 3.63) is 59.7 Å². The first kappa shape index (κ1) is 19.7. The number of hydrogen-bond donors (Lipinski definition) is 1. The number of ether oxygens (including phenoxy) is 2. The number of likely N-dealkylation sites (tertiary alicyclic amines) is 1. The van der Waals surface area contributed by atoms with E-state index in [4.69, 9.17) is 9.47 Å². The van der Waals surface area contributed by atoms with E-state index in [0.29, 0.717) is 44.0 Å². The summed E-state index contributed by atoms with van der Waals surface area (Å²) >= 11 is 0. The van der Waals surface area contributed by atoms with Gasteiger partial charge in [0.1, 0.15) is 11.5 Å². The quantitative estimate of drug-likeness (QED) is 0.777. The second kappa shape index (κ2) is 9.26. The first-order chi connectivity index (χ1) is 13.6. The Labute approximate surface area is 165 Å². The van der Waals surface area contributed by atoms with Crippen molar-refractivity contribution in [2.24, 2.45) is 5.92 Å². The van der Waals surface area contributed by atoms with Crippen LogP contribution in [0.3, 0.4) is 0 Å². The van der Waals surface area contributed by atoms with Crippen LogP contribution in [0, 0.1) is 5.92 Å². The lowest BCUT2D eigenvalue weighted by atomic mass is 9.89. The first-order valence-electron chi connectivity index (χ1n) is 9.44. The number of urea groups is 1. The smallest absolute Gasteiger partial charge is 0.317 e. The zero-order chi connectivity index (χ0) is 19.9. The topological polar surface area (TPSA) is 67.9 Å². The van der Waals surface area contributed by atoms with Crippen molar-refractivity contribution in [2.75, 3.05) is 27.3 Å². The molecule has 0 radical (unpaired) electrons. The minimum Gasteiger partial charge on any atom is -0.497 e. The maximum absolute atomic E-state index is 12.6. The van der Waals surface area contributed by atoms with Gasteiger partial charge in [-0.2, -0.15) is 0 Å². The largest absolute Gasteiger partial charge is 0.497 e. The molecule has 28 heavy (non-hydrogen) atoms. The van der Waals surface area contributed by atoms with Gasteiger partial charge in [0.2, 0.25) is 0 Å². The Hall–Kier alpha value is -3.02. The van der Waals surface area contributed by atoms with E-state index in [1.807, 2.05) is 42.5 Å². The lowest BCUT2D eigenvalue weighted by Gasteiger charge is -2.31. The Morgan fingerprint density at radius 2 is 1.61 bits per heavy atom. The van der Waals surface area contributed by atoms with E-state index in [1.54, 1.807) is 25.2 Å². The van der Waals surface area contributed by atoms with Gasteiger partial charge in [0.05, 0.1) is 14.2 Å². The second-order valence-electron chi connectivity index (χ2n) is 6.87. The van der Waals surface area contributed by atoms with Crippen LogP contribution in [-0.2, 0) is 6.54 Å². The number of benzene rings is 2. The molecule has 2 aromatic rings. The highest BCUT2D eigenvalue weighted by molar-refractivity contribution is 5.97. The van der Waals surface area contributed by atoms with E-state index in [9.17, 15) is 9.59 Å². The Balaban J connectivity index is 1.51. The molecule has 0 saturated carbocycles. The molecule has 1 aliphatic heterocycles. The summed E-state index contributed by atoms with van der Waals surface area (Å²) in [7, 11) is 3.19. The molecule has 1 saturated heterocycles. The molecular weight excluding hydrogens is 356 g/mol. The fourth-order valence-corrected chi connectivity index (χ4v) is 3.44. The number of carbonyl (C=O) groups is 2. The molecule has 1 fully saturated rings. The van der Waals surface area contributed by atoms with Gasteiger partial charge in [0.15, 0.2) is 5.78 Å². The van der Waals surface area contributed by atoms with Gasteiger partial charge < -0.3 is 19.7 Å². The number of Topliss-reactive ketones (excluding diaryl/α,β-unsaturated/α-hetero) is 1. The van der Waals surface area contributed by atoms with E-state index in [-0.39, 0.29) is 17.7 Å². The fourth-order valence-electron chi connectivity index (χ4n) is 3.44. The monoisotopic (exact) mass is 382 g/mol. The lowest BCUT2D eigenvalue weighted by molar-refractivity contribution is 0.0854. The number of methoxy groups -OCH3 is 2. The van der Waals surface area contributed by atoms with Gasteiger partial charge in [-0.1, -0.05) is 30.3 Å². The average molecular weight is 382 g/mol. The van der Waals surface area contributed by atoms with Crippen LogP contribution in [0.15, 0.2) is 48.5 Å². The summed E-state index contributed by atoms with van der Waals surface area (Å²) in [6.07, 6.45) is 1.38. The van der Waals surface area contributed by atoms with E-state index in [2.05, 4.69) is 5.32 Å². The van der Waals surface area contributed by atoms with Crippen molar-refractivity contribution >= 4 is 11.8 Å². The Morgan fingerprint density at radius 3 is 2.18 bits per heavy atom. The minimum absolute atomic E-state index is 0.0194. The minimum atomic E-state index is -0.118. The summed E-state index contributed by atoms with van der Waals surface area (Å²) in [5.41, 5.74) is 1.65. The maximum Gasteiger partial charge on any atom is 0.317 e. The second-order valence-corrected chi connectivity index (χ2v) is 6.87. The van der Waals surface area contributed by atoms with Gasteiger partial charge in [0, 0.05) is 37.2 Å². The molecule has 1 N–H and O–H groups in total. The van der Waals surface area contributed by atoms with Gasteiger partial charge in [-0.25, -0.2) is 4.79 Å². The Kier molecular flexibility index (Phi) is 6.53. The third-order valence-corrected chi connectivity index (χ3v) is 5.07. The number of nitrogens with one attached hydrogen (secondary N) is 1. The molecule has 0 spiro atoms. The summed E-state index contributed by atoms with van der Waals surface area (Å²) < 4.78 is 10.5. The molecule has 3 rings (SSSR count). The van der Waals surface area contributed by atoms with Crippen molar-refractivity contribution in [3.8, 4) is 11.5 Å². The van der Waals surface area contributed by atoms with Crippen molar-refractivity contribution in [1.82, 2.24) is 10.2 Å². The highest BCUT2D eigenvalue weighted by Gasteiger charge is 2.27. The predicted molar refractivity (Wildman–Crippen MR) is 107 cm³/mol. The number of piperidine rings is 1. The lowest BCUT2D eigenvalue weighted by Crippen LogP contribution is -2.45. The summed E-state index contributed by atoms with van der Waals surface area (Å²) in [5.74, 6) is 1.52. The zero-order valence-electron chi connectivity index (χ0n) is 16.3. The highest BCUT2D eigenvalue weighted by atomic mass is 16.5. The third kappa shape index (κ3) is 4.82. The highest BCUT2D eigenvalue weighted by Crippen LogP contribution is 2.23. The number of nitrogens with zero attached hydrogens (tertiary/aromatic N) is 1. The normalized spacial score (nSPS) is 14.4. The molecule has 0 aliphatic carbocycles. The predicted octanol–water partition coefficient (Wildman–Crippen LogP) is 3.51. The Morgan fingerprint density at radius 1 is 1.00 bits per heavy atom. The molecule has 0 atom stereocenters. The number of hydrogen-bond acceptors (Lipinski definition) is 4. The molecular formula is C22H26N2O4. The zero-order valence-corrected chi connectivity index (χ0v) is 16.3. The Bertz CT molecular complexity index is 792. The van der Waals surface area contributed by atoms with E-state index in [1.165, 1.54) is 0 Å². The van der Waals surface area contributed by atoms with Crippen LogP contribution in [0.4, 0.5) is 4.79 Å². The summed E-state index contributed by atoms with van der Waals surface area (Å²) in [6.45, 7) is 1.54. The number of amides is 2. The first-order valence-corrected chi connectivity index (χ1v) is 9.44. The van der Waals surface area contributed by atoms with Crippen LogP contribution in [0.2, 0.25) is 0 Å². The van der Waals surface area contributed by atoms with Crippen LogP contribution in [0.25, 0.3) is 0 Å². The fraction of sp³-hybridized carbons (Fsp3) is 0.364. The van der Waals surface area contributed by atoms with Gasteiger partial charge in [-0.3, -0.25) is 4.79 Å². The molecule has 1 aliphatic rings. The number of ketones is 1. The molecule has 1 heterocycles. The van der Waals surface area contributed by atoms with E-state index in [0.717, 1.165) is 11.1 Å². The van der Waals surface area contributed by atoms with E-state index >= 15 is 0 Å². The van der Waals surface area contributed by atoms with Crippen LogP contribution in [-0.4, -0.2) is 44.0 Å². The van der Waals surface area contributed by atoms with Crippen molar-refractivity contribution < 1.29 is 19.1 Å². The summed E-state index contributed by atoms with van der Waals surface area (Å²) in [5, 5.41) is 2.94. The van der Waals surface area contributed by atoms with Crippen molar-refractivity contribution in [1.29, 1.82) is 0 Å². The van der Waals surface area contributed by atoms with Gasteiger partial charge >= 0.3 is 6.03 Å². The third-order valence-electron chi connectivity index (χ3n) is 5.07. The van der Waals surface area contributed by atoms with Crippen LogP contribution in [0.1, 0.15) is 28.8 Å². The molecule has 2 aromatic carbocycles. The molecule has 0 unspecified atom stereocenters. The maximum atomic E-state index is 12.6. The average Bonchev–Trinajstić information content (AvgIpc) is 2.77. The molecule has 0 aromatic heterocycles.